The van der Waals surface area contributed by atoms with Crippen LogP contribution in [0.15, 0.2) is 35.5 Å². The third-order valence-electron chi connectivity index (χ3n) is 4.38. The van der Waals surface area contributed by atoms with Crippen molar-refractivity contribution in [3.05, 3.63) is 64.6 Å². The first-order chi connectivity index (χ1) is 13.8. The maximum Gasteiger partial charge on any atom is 0.270 e. The van der Waals surface area contributed by atoms with E-state index in [0.29, 0.717) is 22.8 Å². The van der Waals surface area contributed by atoms with Crippen molar-refractivity contribution >= 4 is 17.8 Å². The summed E-state index contributed by atoms with van der Waals surface area (Å²) in [6.07, 6.45) is 3.39. The molecule has 0 fully saturated rings. The van der Waals surface area contributed by atoms with Gasteiger partial charge >= 0.3 is 0 Å². The molecule has 0 saturated carbocycles. The van der Waals surface area contributed by atoms with Crippen molar-refractivity contribution in [2.24, 2.45) is 4.99 Å². The molecule has 0 spiro atoms. The molecule has 6 nitrogen and oxygen atoms in total. The summed E-state index contributed by atoms with van der Waals surface area (Å²) in [6, 6.07) is 5.12. The Morgan fingerprint density at radius 2 is 2.03 bits per heavy atom. The first kappa shape index (κ1) is 20.4. The van der Waals surface area contributed by atoms with Gasteiger partial charge in [-0.2, -0.15) is 0 Å². The number of carbonyl (C=O) groups is 1. The van der Waals surface area contributed by atoms with Gasteiger partial charge < -0.3 is 10.1 Å². The predicted octanol–water partition coefficient (Wildman–Crippen LogP) is 3.63. The summed E-state index contributed by atoms with van der Waals surface area (Å²) in [5.41, 5.74) is 1.90. The molecular formula is C21H22F2N4O2. The summed E-state index contributed by atoms with van der Waals surface area (Å²) in [5.74, 6) is -1.34. The van der Waals surface area contributed by atoms with Crippen LogP contribution >= 0.6 is 0 Å². The number of amides is 1. The van der Waals surface area contributed by atoms with Gasteiger partial charge in [0.2, 0.25) is 0 Å². The van der Waals surface area contributed by atoms with Crippen molar-refractivity contribution in [1.29, 1.82) is 0 Å². The zero-order valence-corrected chi connectivity index (χ0v) is 16.7. The minimum absolute atomic E-state index is 0.166. The SMILES string of the molecule is CN=CC(C)NC(=O)c1c(C)nc2c(OCc3c(F)cccc3F)cc(C)cn12. The van der Waals surface area contributed by atoms with Crippen LogP contribution in [0.25, 0.3) is 5.65 Å². The van der Waals surface area contributed by atoms with E-state index in [9.17, 15) is 13.6 Å². The third-order valence-corrected chi connectivity index (χ3v) is 4.38. The van der Waals surface area contributed by atoms with Crippen molar-refractivity contribution in [3.63, 3.8) is 0 Å². The van der Waals surface area contributed by atoms with Gasteiger partial charge in [0.1, 0.15) is 23.9 Å². The standard InChI is InChI=1S/C21H22F2N4O2/c1-12-8-18(29-11-15-16(22)6-5-7-17(15)23)20-26-14(3)19(27(20)10-12)21(28)25-13(2)9-24-4/h5-10,13H,11H2,1-4H3,(H,25,28). The number of nitrogens with zero attached hydrogens (tertiary/aromatic N) is 3. The predicted molar refractivity (Wildman–Crippen MR) is 107 cm³/mol. The van der Waals surface area contributed by atoms with Gasteiger partial charge in [-0.3, -0.25) is 14.2 Å². The maximum atomic E-state index is 13.9. The Morgan fingerprint density at radius 1 is 1.34 bits per heavy atom. The Bertz CT molecular complexity index is 1070. The molecule has 0 aliphatic rings. The highest BCUT2D eigenvalue weighted by Crippen LogP contribution is 2.26. The molecule has 1 amide bonds. The summed E-state index contributed by atoms with van der Waals surface area (Å²) < 4.78 is 35.1. The molecule has 2 aromatic heterocycles. The molecule has 29 heavy (non-hydrogen) atoms. The number of hydrogen-bond acceptors (Lipinski definition) is 4. The van der Waals surface area contributed by atoms with Gasteiger partial charge in [0.05, 0.1) is 17.3 Å². The Hall–Kier alpha value is -3.29. The number of fused-ring (bicyclic) bond motifs is 1. The van der Waals surface area contributed by atoms with E-state index in [0.717, 1.165) is 5.56 Å². The Morgan fingerprint density at radius 3 is 2.69 bits per heavy atom. The van der Waals surface area contributed by atoms with E-state index in [1.54, 1.807) is 36.8 Å². The number of carbonyl (C=O) groups excluding carboxylic acids is 1. The van der Waals surface area contributed by atoms with Gasteiger partial charge in [-0.05, 0) is 44.5 Å². The summed E-state index contributed by atoms with van der Waals surface area (Å²) in [5, 5.41) is 2.84. The second-order valence-electron chi connectivity index (χ2n) is 6.78. The van der Waals surface area contributed by atoms with Crippen LogP contribution in [0, 0.1) is 25.5 Å². The molecule has 1 atom stereocenters. The zero-order chi connectivity index (χ0) is 21.1. The summed E-state index contributed by atoms with van der Waals surface area (Å²) >= 11 is 0. The molecule has 8 heteroatoms. The first-order valence-electron chi connectivity index (χ1n) is 9.10. The van der Waals surface area contributed by atoms with Gasteiger partial charge in [0.15, 0.2) is 11.4 Å². The highest BCUT2D eigenvalue weighted by atomic mass is 19.1. The Balaban J connectivity index is 1.97. The molecule has 0 saturated heterocycles. The van der Waals surface area contributed by atoms with Gasteiger partial charge in [-0.25, -0.2) is 13.8 Å². The number of halogens is 2. The van der Waals surface area contributed by atoms with E-state index in [-0.39, 0.29) is 24.1 Å². The fraction of sp³-hybridized carbons (Fsp3) is 0.286. The van der Waals surface area contributed by atoms with Crippen molar-refractivity contribution in [3.8, 4) is 5.75 Å². The normalized spacial score (nSPS) is 12.5. The van der Waals surface area contributed by atoms with Crippen LogP contribution < -0.4 is 10.1 Å². The average molecular weight is 400 g/mol. The van der Waals surface area contributed by atoms with Crippen LogP contribution in [-0.2, 0) is 6.61 Å². The van der Waals surface area contributed by atoms with Crippen molar-refractivity contribution in [1.82, 2.24) is 14.7 Å². The van der Waals surface area contributed by atoms with Gasteiger partial charge in [0, 0.05) is 19.5 Å². The molecule has 0 bridgehead atoms. The molecule has 3 rings (SSSR count). The number of aliphatic imine (C=N–C) groups is 1. The molecule has 0 aliphatic carbocycles. The number of pyridine rings is 1. The zero-order valence-electron chi connectivity index (χ0n) is 16.7. The third kappa shape index (κ3) is 4.26. The van der Waals surface area contributed by atoms with E-state index in [1.807, 2.05) is 13.8 Å². The van der Waals surface area contributed by atoms with Crippen LogP contribution in [0.5, 0.6) is 5.75 Å². The summed E-state index contributed by atoms with van der Waals surface area (Å²) in [6.45, 7) is 5.07. The number of rotatable bonds is 6. The maximum absolute atomic E-state index is 13.9. The van der Waals surface area contributed by atoms with Crippen LogP contribution in [0.2, 0.25) is 0 Å². The topological polar surface area (TPSA) is 68.0 Å². The van der Waals surface area contributed by atoms with E-state index >= 15 is 0 Å². The molecule has 3 aromatic rings. The fourth-order valence-electron chi connectivity index (χ4n) is 3.09. The van der Waals surface area contributed by atoms with Gasteiger partial charge in [-0.15, -0.1) is 0 Å². The lowest BCUT2D eigenvalue weighted by Crippen LogP contribution is -2.34. The first-order valence-corrected chi connectivity index (χ1v) is 9.10. The molecule has 152 valence electrons. The largest absolute Gasteiger partial charge is 0.485 e. The Kier molecular flexibility index (Phi) is 5.91. The van der Waals surface area contributed by atoms with Crippen LogP contribution in [-0.4, -0.2) is 34.6 Å². The fourth-order valence-corrected chi connectivity index (χ4v) is 3.09. The van der Waals surface area contributed by atoms with Crippen LogP contribution in [0.1, 0.15) is 34.2 Å². The van der Waals surface area contributed by atoms with Crippen LogP contribution in [0.3, 0.4) is 0 Å². The minimum Gasteiger partial charge on any atom is -0.485 e. The smallest absolute Gasteiger partial charge is 0.270 e. The number of imidazole rings is 1. The van der Waals surface area contributed by atoms with Gasteiger partial charge in [0.25, 0.3) is 5.91 Å². The van der Waals surface area contributed by atoms with E-state index in [2.05, 4.69) is 15.3 Å². The van der Waals surface area contributed by atoms with E-state index < -0.39 is 11.6 Å². The number of ether oxygens (including phenoxy) is 1. The number of aryl methyl sites for hydroxylation is 2. The Labute approximate surface area is 167 Å². The van der Waals surface area contributed by atoms with Crippen molar-refractivity contribution in [2.45, 2.75) is 33.4 Å². The summed E-state index contributed by atoms with van der Waals surface area (Å²) in [7, 11) is 1.63. The molecule has 1 N–H and O–H groups in total. The lowest BCUT2D eigenvalue weighted by atomic mass is 10.2. The highest BCUT2D eigenvalue weighted by Gasteiger charge is 2.21. The lowest BCUT2D eigenvalue weighted by Gasteiger charge is -2.12. The van der Waals surface area contributed by atoms with Crippen molar-refractivity contribution < 1.29 is 18.3 Å². The molecule has 1 aromatic carbocycles. The quantitative estimate of drug-likeness (QED) is 0.643. The lowest BCUT2D eigenvalue weighted by molar-refractivity contribution is 0.0943. The molecular weight excluding hydrogens is 378 g/mol. The van der Waals surface area contributed by atoms with E-state index in [4.69, 9.17) is 4.74 Å². The molecule has 1 unspecified atom stereocenters. The summed E-state index contributed by atoms with van der Waals surface area (Å²) in [4.78, 5) is 21.1. The second kappa shape index (κ2) is 8.38. The number of benzene rings is 1. The minimum atomic E-state index is -0.681. The second-order valence-corrected chi connectivity index (χ2v) is 6.78. The molecule has 0 aliphatic heterocycles. The number of aromatic nitrogens is 2. The van der Waals surface area contributed by atoms with Crippen LogP contribution in [0.4, 0.5) is 8.78 Å². The highest BCUT2D eigenvalue weighted by molar-refractivity contribution is 5.96. The van der Waals surface area contributed by atoms with Crippen molar-refractivity contribution in [2.75, 3.05) is 7.05 Å². The molecule has 2 heterocycles. The van der Waals surface area contributed by atoms with Gasteiger partial charge in [-0.1, -0.05) is 6.07 Å². The molecule has 0 radical (unpaired) electrons. The van der Waals surface area contributed by atoms with E-state index in [1.165, 1.54) is 18.2 Å². The number of hydrogen-bond donors (Lipinski definition) is 1. The average Bonchev–Trinajstić information content (AvgIpc) is 2.97. The number of nitrogens with one attached hydrogen (secondary N) is 1. The monoisotopic (exact) mass is 400 g/mol.